The number of aromatic nitrogens is 2. The molecule has 0 spiro atoms. The fourth-order valence-electron chi connectivity index (χ4n) is 2.40. The van der Waals surface area contributed by atoms with Crippen molar-refractivity contribution in [3.05, 3.63) is 5.69 Å². The van der Waals surface area contributed by atoms with Crippen LogP contribution in [0.1, 0.15) is 31.9 Å². The second-order valence-electron chi connectivity index (χ2n) is 5.11. The van der Waals surface area contributed by atoms with E-state index in [1.807, 2.05) is 0 Å². The third kappa shape index (κ3) is 2.48. The lowest BCUT2D eigenvalue weighted by Gasteiger charge is -2.28. The first-order valence-corrected chi connectivity index (χ1v) is 6.84. The van der Waals surface area contributed by atoms with Crippen LogP contribution in [-0.4, -0.2) is 39.6 Å². The Labute approximate surface area is 118 Å². The van der Waals surface area contributed by atoms with E-state index in [-0.39, 0.29) is 11.8 Å². The van der Waals surface area contributed by atoms with E-state index in [0.717, 1.165) is 18.5 Å². The summed E-state index contributed by atoms with van der Waals surface area (Å²) in [6.45, 7) is 2.06. The van der Waals surface area contributed by atoms with E-state index < -0.39 is 6.04 Å². The zero-order valence-corrected chi connectivity index (χ0v) is 12.1. The average molecular weight is 279 g/mol. The molecule has 1 aliphatic rings. The first-order chi connectivity index (χ1) is 9.45. The van der Waals surface area contributed by atoms with Gasteiger partial charge in [-0.15, -0.1) is 0 Å². The summed E-state index contributed by atoms with van der Waals surface area (Å²) in [5, 5.41) is 7.49. The fourth-order valence-corrected chi connectivity index (χ4v) is 2.40. The Morgan fingerprint density at radius 2 is 2.10 bits per heavy atom. The van der Waals surface area contributed by atoms with Gasteiger partial charge < -0.3 is 11.1 Å². The SMILES string of the molecule is CCCc1nn(C)c(NC2CCC(=O)N(C)C2=O)c1N. The number of likely N-dealkylation sites (N-methyl/N-ethyl adjacent to an activating group) is 1. The number of carbonyl (C=O) groups is 2. The van der Waals surface area contributed by atoms with Gasteiger partial charge in [0.15, 0.2) is 0 Å². The molecule has 0 radical (unpaired) electrons. The minimum Gasteiger partial charge on any atom is -0.394 e. The van der Waals surface area contributed by atoms with E-state index in [1.165, 1.54) is 11.9 Å². The van der Waals surface area contributed by atoms with Crippen molar-refractivity contribution in [1.82, 2.24) is 14.7 Å². The molecule has 0 aromatic carbocycles. The number of hydrogen-bond acceptors (Lipinski definition) is 5. The number of nitrogen functional groups attached to an aromatic ring is 1. The number of hydrogen-bond donors (Lipinski definition) is 2. The van der Waals surface area contributed by atoms with Gasteiger partial charge in [0.05, 0.1) is 11.4 Å². The minimum atomic E-state index is -0.426. The minimum absolute atomic E-state index is 0.141. The molecule has 110 valence electrons. The van der Waals surface area contributed by atoms with Crippen molar-refractivity contribution in [2.75, 3.05) is 18.1 Å². The predicted molar refractivity (Wildman–Crippen MR) is 76.0 cm³/mol. The molecule has 1 unspecified atom stereocenters. The molecule has 1 fully saturated rings. The normalized spacial score (nSPS) is 19.6. The summed E-state index contributed by atoms with van der Waals surface area (Å²) in [5.41, 5.74) is 7.50. The summed E-state index contributed by atoms with van der Waals surface area (Å²) in [6.07, 6.45) is 2.60. The maximum absolute atomic E-state index is 12.1. The lowest BCUT2D eigenvalue weighted by molar-refractivity contribution is -0.146. The van der Waals surface area contributed by atoms with Crippen LogP contribution in [0.5, 0.6) is 0 Å². The molecular formula is C13H21N5O2. The zero-order chi connectivity index (χ0) is 14.9. The molecule has 20 heavy (non-hydrogen) atoms. The molecule has 0 saturated carbocycles. The van der Waals surface area contributed by atoms with Crippen molar-refractivity contribution >= 4 is 23.3 Å². The molecule has 7 nitrogen and oxygen atoms in total. The molecule has 1 aromatic heterocycles. The van der Waals surface area contributed by atoms with E-state index in [1.54, 1.807) is 11.7 Å². The number of carbonyl (C=O) groups excluding carboxylic acids is 2. The van der Waals surface area contributed by atoms with Gasteiger partial charge >= 0.3 is 0 Å². The van der Waals surface area contributed by atoms with Crippen LogP contribution in [0, 0.1) is 0 Å². The first-order valence-electron chi connectivity index (χ1n) is 6.84. The van der Waals surface area contributed by atoms with Gasteiger partial charge in [-0.1, -0.05) is 13.3 Å². The Bertz CT molecular complexity index is 537. The smallest absolute Gasteiger partial charge is 0.251 e. The van der Waals surface area contributed by atoms with Gasteiger partial charge in [-0.05, 0) is 12.8 Å². The van der Waals surface area contributed by atoms with Crippen LogP contribution in [-0.2, 0) is 23.1 Å². The van der Waals surface area contributed by atoms with Crippen LogP contribution in [0.2, 0.25) is 0 Å². The van der Waals surface area contributed by atoms with Crippen molar-refractivity contribution in [1.29, 1.82) is 0 Å². The summed E-state index contributed by atoms with van der Waals surface area (Å²) in [5.74, 6) is 0.283. The summed E-state index contributed by atoms with van der Waals surface area (Å²) in [4.78, 5) is 24.7. The van der Waals surface area contributed by atoms with Gasteiger partial charge in [-0.2, -0.15) is 5.10 Å². The highest BCUT2D eigenvalue weighted by atomic mass is 16.2. The number of amides is 2. The summed E-state index contributed by atoms with van der Waals surface area (Å²) in [7, 11) is 3.30. The van der Waals surface area contributed by atoms with Crippen molar-refractivity contribution in [2.24, 2.45) is 7.05 Å². The maximum Gasteiger partial charge on any atom is 0.251 e. The summed E-state index contributed by atoms with van der Waals surface area (Å²) >= 11 is 0. The Morgan fingerprint density at radius 3 is 2.75 bits per heavy atom. The third-order valence-corrected chi connectivity index (χ3v) is 3.61. The van der Waals surface area contributed by atoms with E-state index in [2.05, 4.69) is 17.3 Å². The third-order valence-electron chi connectivity index (χ3n) is 3.61. The number of aryl methyl sites for hydroxylation is 2. The molecule has 2 amide bonds. The molecule has 1 atom stereocenters. The quantitative estimate of drug-likeness (QED) is 0.783. The van der Waals surface area contributed by atoms with Crippen LogP contribution in [0.25, 0.3) is 0 Å². The molecule has 1 saturated heterocycles. The van der Waals surface area contributed by atoms with Crippen LogP contribution >= 0.6 is 0 Å². The molecule has 1 aliphatic heterocycles. The van der Waals surface area contributed by atoms with Crippen molar-refractivity contribution in [2.45, 2.75) is 38.6 Å². The molecule has 2 heterocycles. The average Bonchev–Trinajstić information content (AvgIpc) is 2.67. The van der Waals surface area contributed by atoms with E-state index in [0.29, 0.717) is 24.3 Å². The van der Waals surface area contributed by atoms with Crippen LogP contribution in [0.3, 0.4) is 0 Å². The second-order valence-corrected chi connectivity index (χ2v) is 5.11. The number of anilines is 2. The largest absolute Gasteiger partial charge is 0.394 e. The zero-order valence-electron chi connectivity index (χ0n) is 12.1. The number of nitrogens with zero attached hydrogens (tertiary/aromatic N) is 3. The number of imide groups is 1. The number of piperidine rings is 1. The molecule has 1 aromatic rings. The van der Waals surface area contributed by atoms with Crippen LogP contribution in [0.15, 0.2) is 0 Å². The van der Waals surface area contributed by atoms with Gasteiger partial charge in [0.2, 0.25) is 5.91 Å². The molecular weight excluding hydrogens is 258 g/mol. The number of rotatable bonds is 4. The highest BCUT2D eigenvalue weighted by Crippen LogP contribution is 2.25. The number of nitrogens with one attached hydrogen (secondary N) is 1. The predicted octanol–water partition coefficient (Wildman–Crippen LogP) is 0.514. The molecule has 2 rings (SSSR count). The van der Waals surface area contributed by atoms with E-state index in [4.69, 9.17) is 5.73 Å². The summed E-state index contributed by atoms with van der Waals surface area (Å²) < 4.78 is 1.66. The molecule has 0 bridgehead atoms. The summed E-state index contributed by atoms with van der Waals surface area (Å²) in [6, 6.07) is -0.426. The van der Waals surface area contributed by atoms with Gasteiger partial charge in [0, 0.05) is 20.5 Å². The Morgan fingerprint density at radius 1 is 1.40 bits per heavy atom. The monoisotopic (exact) mass is 279 g/mol. The number of nitrogens with two attached hydrogens (primary N) is 1. The standard InChI is InChI=1S/C13H21N5O2/c1-4-5-8-11(14)12(18(3)16-8)15-9-6-7-10(19)17(2)13(9)20/h9,15H,4-7,14H2,1-3H3. The maximum atomic E-state index is 12.1. The Hall–Kier alpha value is -2.05. The van der Waals surface area contributed by atoms with E-state index >= 15 is 0 Å². The fraction of sp³-hybridized carbons (Fsp3) is 0.615. The highest BCUT2D eigenvalue weighted by molar-refractivity contribution is 6.01. The van der Waals surface area contributed by atoms with Gasteiger partial charge in [-0.3, -0.25) is 19.2 Å². The lowest BCUT2D eigenvalue weighted by atomic mass is 10.0. The first kappa shape index (κ1) is 14.4. The highest BCUT2D eigenvalue weighted by Gasteiger charge is 2.32. The van der Waals surface area contributed by atoms with Crippen molar-refractivity contribution in [3.63, 3.8) is 0 Å². The van der Waals surface area contributed by atoms with Gasteiger partial charge in [0.25, 0.3) is 5.91 Å². The lowest BCUT2D eigenvalue weighted by Crippen LogP contribution is -2.48. The van der Waals surface area contributed by atoms with Crippen molar-refractivity contribution in [3.8, 4) is 0 Å². The Balaban J connectivity index is 2.18. The topological polar surface area (TPSA) is 93.2 Å². The van der Waals surface area contributed by atoms with Crippen LogP contribution < -0.4 is 11.1 Å². The molecule has 3 N–H and O–H groups in total. The Kier molecular flexibility index (Phi) is 3.96. The van der Waals surface area contributed by atoms with Crippen molar-refractivity contribution < 1.29 is 9.59 Å². The molecule has 0 aliphatic carbocycles. The molecule has 7 heteroatoms. The van der Waals surface area contributed by atoms with Gasteiger partial charge in [0.1, 0.15) is 11.9 Å². The second kappa shape index (κ2) is 5.52. The van der Waals surface area contributed by atoms with E-state index in [9.17, 15) is 9.59 Å². The van der Waals surface area contributed by atoms with Gasteiger partial charge in [-0.25, -0.2) is 0 Å². The number of likely N-dealkylation sites (tertiary alicyclic amines) is 1. The van der Waals surface area contributed by atoms with Crippen LogP contribution in [0.4, 0.5) is 11.5 Å².